The van der Waals surface area contributed by atoms with Crippen molar-refractivity contribution in [2.45, 2.75) is 6.42 Å². The number of rotatable bonds is 4. The van der Waals surface area contributed by atoms with Crippen molar-refractivity contribution in [2.75, 3.05) is 20.6 Å². The number of nitrogens with one attached hydrogen (secondary N) is 1. The summed E-state index contributed by atoms with van der Waals surface area (Å²) in [6.45, 7) is 0.957. The fraction of sp³-hybridized carbons (Fsp3) is 0.444. The van der Waals surface area contributed by atoms with Crippen molar-refractivity contribution in [3.05, 3.63) is 30.1 Å². The van der Waals surface area contributed by atoms with Gasteiger partial charge < -0.3 is 0 Å². The standard InChI is InChI=1S/C9H15N3/c1-12(2)11-7-5-9-4-3-6-10-8-9/h3-4,6,8,11H,5,7H2,1-2H3. The van der Waals surface area contributed by atoms with Crippen molar-refractivity contribution in [1.82, 2.24) is 15.4 Å². The highest BCUT2D eigenvalue weighted by Gasteiger charge is 1.91. The van der Waals surface area contributed by atoms with Crippen LogP contribution in [-0.4, -0.2) is 30.6 Å². The van der Waals surface area contributed by atoms with Crippen LogP contribution in [0.25, 0.3) is 0 Å². The third kappa shape index (κ3) is 3.46. The van der Waals surface area contributed by atoms with Crippen LogP contribution in [0.4, 0.5) is 0 Å². The average molecular weight is 165 g/mol. The minimum atomic E-state index is 0.957. The van der Waals surface area contributed by atoms with Gasteiger partial charge >= 0.3 is 0 Å². The number of hydrogen-bond acceptors (Lipinski definition) is 3. The monoisotopic (exact) mass is 165 g/mol. The third-order valence-electron chi connectivity index (χ3n) is 1.56. The number of nitrogens with zero attached hydrogens (tertiary/aromatic N) is 2. The van der Waals surface area contributed by atoms with Gasteiger partial charge in [0.1, 0.15) is 0 Å². The molecule has 1 rings (SSSR count). The smallest absolute Gasteiger partial charge is 0.0300 e. The quantitative estimate of drug-likeness (QED) is 0.665. The van der Waals surface area contributed by atoms with Gasteiger partial charge in [-0.15, -0.1) is 0 Å². The molecule has 0 atom stereocenters. The Morgan fingerprint density at radius 3 is 2.92 bits per heavy atom. The largest absolute Gasteiger partial charge is 0.264 e. The van der Waals surface area contributed by atoms with Gasteiger partial charge in [-0.3, -0.25) is 15.4 Å². The van der Waals surface area contributed by atoms with Crippen LogP contribution in [0.2, 0.25) is 0 Å². The lowest BCUT2D eigenvalue weighted by Gasteiger charge is -2.10. The highest BCUT2D eigenvalue weighted by molar-refractivity contribution is 5.08. The van der Waals surface area contributed by atoms with Crippen molar-refractivity contribution in [2.24, 2.45) is 0 Å². The molecule has 66 valence electrons. The molecule has 0 spiro atoms. The zero-order valence-electron chi connectivity index (χ0n) is 7.62. The molecule has 0 radical (unpaired) electrons. The summed E-state index contributed by atoms with van der Waals surface area (Å²) < 4.78 is 0. The first-order chi connectivity index (χ1) is 5.79. The lowest BCUT2D eigenvalue weighted by atomic mass is 10.2. The van der Waals surface area contributed by atoms with Crippen molar-refractivity contribution in [1.29, 1.82) is 0 Å². The topological polar surface area (TPSA) is 28.2 Å². The SMILES string of the molecule is CN(C)NCCc1cccnc1. The zero-order chi connectivity index (χ0) is 8.81. The van der Waals surface area contributed by atoms with Crippen LogP contribution in [0.5, 0.6) is 0 Å². The molecule has 1 aromatic rings. The van der Waals surface area contributed by atoms with Gasteiger partial charge in [0.2, 0.25) is 0 Å². The van der Waals surface area contributed by atoms with Gasteiger partial charge in [0.25, 0.3) is 0 Å². The average Bonchev–Trinajstić information content (AvgIpc) is 2.05. The summed E-state index contributed by atoms with van der Waals surface area (Å²) in [5.74, 6) is 0. The van der Waals surface area contributed by atoms with Crippen LogP contribution < -0.4 is 5.43 Å². The van der Waals surface area contributed by atoms with Crippen LogP contribution in [0.3, 0.4) is 0 Å². The van der Waals surface area contributed by atoms with E-state index in [2.05, 4.69) is 16.5 Å². The van der Waals surface area contributed by atoms with Crippen LogP contribution in [-0.2, 0) is 6.42 Å². The van der Waals surface area contributed by atoms with Gasteiger partial charge in [0.15, 0.2) is 0 Å². The van der Waals surface area contributed by atoms with E-state index in [4.69, 9.17) is 0 Å². The van der Waals surface area contributed by atoms with E-state index in [0.29, 0.717) is 0 Å². The summed E-state index contributed by atoms with van der Waals surface area (Å²) >= 11 is 0. The first-order valence-electron chi connectivity index (χ1n) is 4.09. The molecule has 0 aliphatic heterocycles. The molecule has 0 fully saturated rings. The Bertz CT molecular complexity index is 208. The van der Waals surface area contributed by atoms with Gasteiger partial charge in [0.05, 0.1) is 0 Å². The molecule has 0 aliphatic carbocycles. The van der Waals surface area contributed by atoms with Gasteiger partial charge in [-0.2, -0.15) is 0 Å². The third-order valence-corrected chi connectivity index (χ3v) is 1.56. The Labute approximate surface area is 73.4 Å². The second-order valence-electron chi connectivity index (χ2n) is 2.91. The van der Waals surface area contributed by atoms with E-state index in [-0.39, 0.29) is 0 Å². The fourth-order valence-electron chi connectivity index (χ4n) is 0.970. The van der Waals surface area contributed by atoms with E-state index in [9.17, 15) is 0 Å². The molecule has 3 nitrogen and oxygen atoms in total. The Morgan fingerprint density at radius 2 is 2.33 bits per heavy atom. The van der Waals surface area contributed by atoms with Crippen molar-refractivity contribution < 1.29 is 0 Å². The molecule has 0 saturated carbocycles. The molecule has 0 unspecified atom stereocenters. The van der Waals surface area contributed by atoms with Gasteiger partial charge in [-0.1, -0.05) is 6.07 Å². The van der Waals surface area contributed by atoms with Gasteiger partial charge in [-0.05, 0) is 18.1 Å². The molecule has 12 heavy (non-hydrogen) atoms. The summed E-state index contributed by atoms with van der Waals surface area (Å²) in [6, 6.07) is 4.05. The molecule has 1 N–H and O–H groups in total. The second-order valence-corrected chi connectivity index (χ2v) is 2.91. The summed E-state index contributed by atoms with van der Waals surface area (Å²) in [7, 11) is 3.98. The second kappa shape index (κ2) is 4.85. The van der Waals surface area contributed by atoms with Gasteiger partial charge in [0, 0.05) is 33.0 Å². The Kier molecular flexibility index (Phi) is 3.70. The molecule has 0 bridgehead atoms. The van der Waals surface area contributed by atoms with E-state index in [1.807, 2.05) is 31.4 Å². The number of hydrogen-bond donors (Lipinski definition) is 1. The molecule has 1 heterocycles. The predicted octanol–water partition coefficient (Wildman–Crippen LogP) is 0.690. The lowest BCUT2D eigenvalue weighted by molar-refractivity contribution is 0.292. The van der Waals surface area contributed by atoms with Crippen LogP contribution >= 0.6 is 0 Å². The maximum Gasteiger partial charge on any atom is 0.0300 e. The molecule has 0 aromatic carbocycles. The molecular weight excluding hydrogens is 150 g/mol. The fourth-order valence-corrected chi connectivity index (χ4v) is 0.970. The first kappa shape index (κ1) is 9.16. The van der Waals surface area contributed by atoms with Crippen molar-refractivity contribution in [3.8, 4) is 0 Å². The van der Waals surface area contributed by atoms with E-state index in [1.54, 1.807) is 6.20 Å². The number of hydrazine groups is 1. The Hall–Kier alpha value is -0.930. The van der Waals surface area contributed by atoms with E-state index in [1.165, 1.54) is 5.56 Å². The maximum absolute atomic E-state index is 4.04. The van der Waals surface area contributed by atoms with E-state index >= 15 is 0 Å². The minimum absolute atomic E-state index is 0.957. The summed E-state index contributed by atoms with van der Waals surface area (Å²) in [5.41, 5.74) is 4.47. The maximum atomic E-state index is 4.04. The normalized spacial score (nSPS) is 10.6. The molecule has 3 heteroatoms. The summed E-state index contributed by atoms with van der Waals surface area (Å²) in [6.07, 6.45) is 4.71. The van der Waals surface area contributed by atoms with Crippen LogP contribution in [0.1, 0.15) is 5.56 Å². The number of aromatic nitrogens is 1. The van der Waals surface area contributed by atoms with Gasteiger partial charge in [-0.25, -0.2) is 0 Å². The summed E-state index contributed by atoms with van der Waals surface area (Å²) in [5, 5.41) is 1.95. The highest BCUT2D eigenvalue weighted by atomic mass is 15.5. The van der Waals surface area contributed by atoms with Crippen molar-refractivity contribution >= 4 is 0 Å². The Morgan fingerprint density at radius 1 is 1.50 bits per heavy atom. The van der Waals surface area contributed by atoms with E-state index in [0.717, 1.165) is 13.0 Å². The van der Waals surface area contributed by atoms with Crippen LogP contribution in [0.15, 0.2) is 24.5 Å². The lowest BCUT2D eigenvalue weighted by Crippen LogP contribution is -2.31. The van der Waals surface area contributed by atoms with Crippen LogP contribution in [0, 0.1) is 0 Å². The van der Waals surface area contributed by atoms with Crippen molar-refractivity contribution in [3.63, 3.8) is 0 Å². The Balaban J connectivity index is 2.25. The first-order valence-corrected chi connectivity index (χ1v) is 4.09. The molecule has 1 aromatic heterocycles. The molecule has 0 saturated heterocycles. The summed E-state index contributed by atoms with van der Waals surface area (Å²) in [4.78, 5) is 4.04. The molecule has 0 aliphatic rings. The molecule has 0 amide bonds. The van der Waals surface area contributed by atoms with E-state index < -0.39 is 0 Å². The zero-order valence-corrected chi connectivity index (χ0v) is 7.62. The number of pyridine rings is 1. The minimum Gasteiger partial charge on any atom is -0.264 e. The molecular formula is C9H15N3. The predicted molar refractivity (Wildman–Crippen MR) is 49.6 cm³/mol. The highest BCUT2D eigenvalue weighted by Crippen LogP contribution is 1.94.